The van der Waals surface area contributed by atoms with Crippen LogP contribution in [-0.2, 0) is 33.6 Å². The highest BCUT2D eigenvalue weighted by atomic mass is 16.4. The third-order valence-electron chi connectivity index (χ3n) is 4.76. The molecule has 0 spiro atoms. The molecular weight excluding hydrogens is 456 g/mol. The van der Waals surface area contributed by atoms with Crippen molar-refractivity contribution in [3.8, 4) is 0 Å². The number of rotatable bonds is 9. The van der Waals surface area contributed by atoms with E-state index in [1.165, 1.54) is 0 Å². The predicted octanol–water partition coefficient (Wildman–Crippen LogP) is -3.84. The maximum atomic E-state index is 12.8. The van der Waals surface area contributed by atoms with Crippen LogP contribution in [0.25, 0.3) is 0 Å². The van der Waals surface area contributed by atoms with Crippen LogP contribution in [0.15, 0.2) is 0 Å². The quantitative estimate of drug-likeness (QED) is 0.147. The molecule has 9 N–H and O–H groups in total. The lowest BCUT2D eigenvalue weighted by Crippen LogP contribution is -2.57. The molecule has 0 saturated carbocycles. The zero-order chi connectivity index (χ0) is 25.7. The molecule has 0 aromatic rings. The summed E-state index contributed by atoms with van der Waals surface area (Å²) >= 11 is 0. The van der Waals surface area contributed by atoms with E-state index in [0.717, 1.165) is 0 Å². The Balaban J connectivity index is 3.21. The lowest BCUT2D eigenvalue weighted by atomic mass is 10.1. The maximum absolute atomic E-state index is 12.8. The van der Waals surface area contributed by atoms with E-state index in [0.29, 0.717) is 19.4 Å². The standard InChI is InChI=1S/C19H30N6O9/c20-6-2-1-3-10-17(32)22-8-13(26)21-9-14(27)23-12(7-16(30)31)19(34)25-11(18(33)24-10)4-5-15(28)29/h10-12H,1-9,20H2,(H,21,26)(H,22,32)(H,23,27)(H,24,33)(H,25,34)(H,28,29)(H,30,31)/t10-,11-,12-/m0/s1. The Kier molecular flexibility index (Phi) is 12.0. The van der Waals surface area contributed by atoms with Crippen LogP contribution in [0.2, 0.25) is 0 Å². The molecule has 5 amide bonds. The highest BCUT2D eigenvalue weighted by Gasteiger charge is 2.31. The summed E-state index contributed by atoms with van der Waals surface area (Å²) in [6.07, 6.45) is -0.566. The number of nitrogens with one attached hydrogen (secondary N) is 5. The van der Waals surface area contributed by atoms with Crippen LogP contribution in [0, 0.1) is 0 Å². The van der Waals surface area contributed by atoms with Gasteiger partial charge >= 0.3 is 11.9 Å². The number of carboxylic acid groups (broad SMARTS) is 2. The van der Waals surface area contributed by atoms with E-state index in [9.17, 15) is 33.6 Å². The van der Waals surface area contributed by atoms with Crippen LogP contribution in [0.1, 0.15) is 38.5 Å². The van der Waals surface area contributed by atoms with Crippen molar-refractivity contribution in [1.29, 1.82) is 0 Å². The number of amides is 5. The molecule has 1 heterocycles. The monoisotopic (exact) mass is 486 g/mol. The van der Waals surface area contributed by atoms with Crippen molar-refractivity contribution < 1.29 is 43.8 Å². The number of carboxylic acids is 2. The fraction of sp³-hybridized carbons (Fsp3) is 0.632. The van der Waals surface area contributed by atoms with Crippen LogP contribution >= 0.6 is 0 Å². The van der Waals surface area contributed by atoms with E-state index < -0.39 is 85.5 Å². The molecule has 1 fully saturated rings. The van der Waals surface area contributed by atoms with Gasteiger partial charge in [0.25, 0.3) is 0 Å². The van der Waals surface area contributed by atoms with Crippen molar-refractivity contribution in [2.75, 3.05) is 19.6 Å². The first kappa shape index (κ1) is 28.3. The molecule has 15 nitrogen and oxygen atoms in total. The normalized spacial score (nSPS) is 22.7. The summed E-state index contributed by atoms with van der Waals surface area (Å²) in [4.78, 5) is 84.2. The Morgan fingerprint density at radius 3 is 1.91 bits per heavy atom. The molecule has 1 saturated heterocycles. The van der Waals surface area contributed by atoms with Crippen LogP contribution < -0.4 is 32.3 Å². The van der Waals surface area contributed by atoms with Crippen LogP contribution in [0.3, 0.4) is 0 Å². The summed E-state index contributed by atoms with van der Waals surface area (Å²) in [7, 11) is 0. The molecule has 0 aromatic carbocycles. The van der Waals surface area contributed by atoms with Gasteiger partial charge in [-0.2, -0.15) is 0 Å². The van der Waals surface area contributed by atoms with E-state index in [4.69, 9.17) is 15.9 Å². The summed E-state index contributed by atoms with van der Waals surface area (Å²) in [5, 5.41) is 29.4. The first-order chi connectivity index (χ1) is 16.0. The topological polar surface area (TPSA) is 246 Å². The number of hydrogen-bond acceptors (Lipinski definition) is 8. The van der Waals surface area contributed by atoms with Gasteiger partial charge in [0.05, 0.1) is 19.5 Å². The van der Waals surface area contributed by atoms with Gasteiger partial charge in [0.15, 0.2) is 0 Å². The first-order valence-electron chi connectivity index (χ1n) is 10.6. The molecule has 0 radical (unpaired) electrons. The Bertz CT molecular complexity index is 803. The van der Waals surface area contributed by atoms with E-state index in [1.807, 2.05) is 0 Å². The van der Waals surface area contributed by atoms with Crippen molar-refractivity contribution in [3.05, 3.63) is 0 Å². The largest absolute Gasteiger partial charge is 0.481 e. The van der Waals surface area contributed by atoms with Crippen molar-refractivity contribution in [1.82, 2.24) is 26.6 Å². The second-order valence-electron chi connectivity index (χ2n) is 7.55. The first-order valence-corrected chi connectivity index (χ1v) is 10.6. The molecule has 0 bridgehead atoms. The molecule has 1 rings (SSSR count). The average Bonchev–Trinajstić information content (AvgIpc) is 2.76. The van der Waals surface area contributed by atoms with Crippen LogP contribution in [0.4, 0.5) is 0 Å². The SMILES string of the molecule is NCCCC[C@@H]1NC(=O)[C@H](CCC(=O)O)NC(=O)[C@H](CC(=O)O)NC(=O)CNC(=O)CNC1=O. The Hall–Kier alpha value is -3.75. The van der Waals surface area contributed by atoms with Gasteiger partial charge in [-0.1, -0.05) is 0 Å². The van der Waals surface area contributed by atoms with Crippen molar-refractivity contribution in [2.24, 2.45) is 5.73 Å². The van der Waals surface area contributed by atoms with Gasteiger partial charge in [-0.05, 0) is 32.2 Å². The minimum atomic E-state index is -1.60. The molecule has 0 aliphatic carbocycles. The predicted molar refractivity (Wildman–Crippen MR) is 114 cm³/mol. The van der Waals surface area contributed by atoms with Gasteiger partial charge in [-0.3, -0.25) is 33.6 Å². The average molecular weight is 486 g/mol. The second kappa shape index (κ2) is 14.4. The Morgan fingerprint density at radius 2 is 1.32 bits per heavy atom. The van der Waals surface area contributed by atoms with E-state index >= 15 is 0 Å². The maximum Gasteiger partial charge on any atom is 0.305 e. The molecule has 0 unspecified atom stereocenters. The third-order valence-corrected chi connectivity index (χ3v) is 4.76. The summed E-state index contributed by atoms with van der Waals surface area (Å²) in [6.45, 7) is -0.765. The van der Waals surface area contributed by atoms with E-state index in [2.05, 4.69) is 26.6 Å². The zero-order valence-corrected chi connectivity index (χ0v) is 18.4. The molecule has 190 valence electrons. The highest BCUT2D eigenvalue weighted by Crippen LogP contribution is 2.06. The summed E-state index contributed by atoms with van der Waals surface area (Å²) in [5.74, 6) is -6.94. The van der Waals surface area contributed by atoms with Gasteiger partial charge in [-0.25, -0.2) is 0 Å². The number of aliphatic carboxylic acids is 2. The number of hydrogen-bond donors (Lipinski definition) is 8. The van der Waals surface area contributed by atoms with Crippen molar-refractivity contribution in [3.63, 3.8) is 0 Å². The van der Waals surface area contributed by atoms with Gasteiger partial charge in [0, 0.05) is 6.42 Å². The zero-order valence-electron chi connectivity index (χ0n) is 18.4. The van der Waals surface area contributed by atoms with Gasteiger partial charge in [0.2, 0.25) is 29.5 Å². The van der Waals surface area contributed by atoms with Crippen LogP contribution in [0.5, 0.6) is 0 Å². The van der Waals surface area contributed by atoms with E-state index in [1.54, 1.807) is 0 Å². The Labute approximate surface area is 194 Å². The summed E-state index contributed by atoms with van der Waals surface area (Å²) in [6, 6.07) is -4.16. The van der Waals surface area contributed by atoms with Gasteiger partial charge in [-0.15, -0.1) is 0 Å². The lowest BCUT2D eigenvalue weighted by Gasteiger charge is -2.24. The minimum Gasteiger partial charge on any atom is -0.481 e. The van der Waals surface area contributed by atoms with Gasteiger partial charge in [0.1, 0.15) is 18.1 Å². The second-order valence-corrected chi connectivity index (χ2v) is 7.55. The fourth-order valence-corrected chi connectivity index (χ4v) is 3.00. The Morgan fingerprint density at radius 1 is 0.735 bits per heavy atom. The molecule has 3 atom stereocenters. The number of carbonyl (C=O) groups is 7. The number of unbranched alkanes of at least 4 members (excludes halogenated alkanes) is 1. The van der Waals surface area contributed by atoms with E-state index in [-0.39, 0.29) is 12.8 Å². The summed E-state index contributed by atoms with van der Waals surface area (Å²) in [5.41, 5.74) is 5.46. The molecular formula is C19H30N6O9. The fourth-order valence-electron chi connectivity index (χ4n) is 3.00. The van der Waals surface area contributed by atoms with Gasteiger partial charge < -0.3 is 42.5 Å². The third kappa shape index (κ3) is 10.7. The number of carbonyl (C=O) groups excluding carboxylic acids is 5. The number of nitrogens with two attached hydrogens (primary N) is 1. The molecule has 1 aliphatic heterocycles. The lowest BCUT2D eigenvalue weighted by molar-refractivity contribution is -0.141. The smallest absolute Gasteiger partial charge is 0.305 e. The molecule has 0 aromatic heterocycles. The molecule has 15 heteroatoms. The molecule has 1 aliphatic rings. The summed E-state index contributed by atoms with van der Waals surface area (Å²) < 4.78 is 0. The minimum absolute atomic E-state index is 0.150. The highest BCUT2D eigenvalue weighted by molar-refractivity contribution is 5.97. The molecule has 34 heavy (non-hydrogen) atoms. The van der Waals surface area contributed by atoms with Crippen molar-refractivity contribution >= 4 is 41.5 Å². The van der Waals surface area contributed by atoms with Crippen LogP contribution in [-0.4, -0.2) is 89.4 Å². The van der Waals surface area contributed by atoms with Crippen molar-refractivity contribution in [2.45, 2.75) is 56.7 Å².